The highest BCUT2D eigenvalue weighted by Gasteiger charge is 2.61. The number of rotatable bonds is 2. The van der Waals surface area contributed by atoms with Crippen molar-refractivity contribution in [2.24, 2.45) is 0 Å². The number of carbonyl (C=O) groups is 1. The van der Waals surface area contributed by atoms with Gasteiger partial charge in [-0.25, -0.2) is 9.97 Å². The SMILES string of the molecule is CN1C(=O)C2(CC2)N(C2CCCC2)c2nc(-c3ccncc3N)ncc21. The number of nitrogens with two attached hydrogens (primary N) is 1. The monoisotopic (exact) mass is 350 g/mol. The van der Waals surface area contributed by atoms with Crippen molar-refractivity contribution in [1.82, 2.24) is 15.0 Å². The number of anilines is 3. The van der Waals surface area contributed by atoms with E-state index in [0.29, 0.717) is 17.6 Å². The largest absolute Gasteiger partial charge is 0.397 e. The molecule has 0 radical (unpaired) electrons. The summed E-state index contributed by atoms with van der Waals surface area (Å²) in [5.41, 5.74) is 7.80. The molecule has 2 aromatic heterocycles. The van der Waals surface area contributed by atoms with Crippen LogP contribution in [0.5, 0.6) is 0 Å². The van der Waals surface area contributed by atoms with Crippen molar-refractivity contribution in [3.8, 4) is 11.4 Å². The molecule has 3 heterocycles. The van der Waals surface area contributed by atoms with Crippen molar-refractivity contribution in [3.63, 3.8) is 0 Å². The van der Waals surface area contributed by atoms with Crippen molar-refractivity contribution in [2.75, 3.05) is 22.6 Å². The molecule has 3 aliphatic rings. The van der Waals surface area contributed by atoms with Crippen LogP contribution in [0.3, 0.4) is 0 Å². The molecular weight excluding hydrogens is 328 g/mol. The molecule has 0 saturated heterocycles. The van der Waals surface area contributed by atoms with Gasteiger partial charge in [-0.15, -0.1) is 0 Å². The van der Waals surface area contributed by atoms with Crippen LogP contribution in [0.25, 0.3) is 11.4 Å². The summed E-state index contributed by atoms with van der Waals surface area (Å²) in [5.74, 6) is 1.64. The Balaban J connectivity index is 1.68. The Morgan fingerprint density at radius 3 is 2.69 bits per heavy atom. The second-order valence-corrected chi connectivity index (χ2v) is 7.57. The molecule has 0 unspecified atom stereocenters. The smallest absolute Gasteiger partial charge is 0.252 e. The van der Waals surface area contributed by atoms with E-state index in [1.807, 2.05) is 13.1 Å². The number of likely N-dealkylation sites (N-methyl/N-ethyl adjacent to an activating group) is 1. The van der Waals surface area contributed by atoms with E-state index in [9.17, 15) is 4.79 Å². The summed E-state index contributed by atoms with van der Waals surface area (Å²) >= 11 is 0. The molecule has 26 heavy (non-hydrogen) atoms. The van der Waals surface area contributed by atoms with Crippen LogP contribution in [0.2, 0.25) is 0 Å². The predicted octanol–water partition coefficient (Wildman–Crippen LogP) is 2.38. The van der Waals surface area contributed by atoms with Crippen molar-refractivity contribution >= 4 is 23.1 Å². The number of fused-ring (bicyclic) bond motifs is 1. The van der Waals surface area contributed by atoms with E-state index in [1.165, 1.54) is 12.8 Å². The molecular formula is C19H22N6O. The van der Waals surface area contributed by atoms with E-state index in [2.05, 4.69) is 14.9 Å². The fourth-order valence-corrected chi connectivity index (χ4v) is 4.51. The minimum atomic E-state index is -0.397. The maximum atomic E-state index is 13.0. The molecule has 2 saturated carbocycles. The predicted molar refractivity (Wildman–Crippen MR) is 99.8 cm³/mol. The third-order valence-corrected chi connectivity index (χ3v) is 6.01. The third-order valence-electron chi connectivity index (χ3n) is 6.01. The highest BCUT2D eigenvalue weighted by molar-refractivity contribution is 6.09. The zero-order chi connectivity index (χ0) is 17.9. The van der Waals surface area contributed by atoms with E-state index in [1.54, 1.807) is 23.5 Å². The average Bonchev–Trinajstić information content (AvgIpc) is 3.25. The molecule has 2 fully saturated rings. The Kier molecular flexibility index (Phi) is 3.23. The quantitative estimate of drug-likeness (QED) is 0.895. The van der Waals surface area contributed by atoms with Crippen LogP contribution in [0, 0.1) is 0 Å². The van der Waals surface area contributed by atoms with Crippen molar-refractivity contribution < 1.29 is 4.79 Å². The first kappa shape index (κ1) is 15.5. The second kappa shape index (κ2) is 5.40. The first-order valence-electron chi connectivity index (χ1n) is 9.26. The van der Waals surface area contributed by atoms with Crippen molar-refractivity contribution in [2.45, 2.75) is 50.1 Å². The van der Waals surface area contributed by atoms with Gasteiger partial charge in [0.05, 0.1) is 18.1 Å². The number of pyridine rings is 1. The summed E-state index contributed by atoms with van der Waals surface area (Å²) in [6.07, 6.45) is 11.5. The van der Waals surface area contributed by atoms with E-state index in [-0.39, 0.29) is 5.91 Å². The molecule has 5 rings (SSSR count). The molecule has 0 bridgehead atoms. The lowest BCUT2D eigenvalue weighted by atomic mass is 10.0. The third kappa shape index (κ3) is 2.06. The molecule has 2 aliphatic carbocycles. The lowest BCUT2D eigenvalue weighted by molar-refractivity contribution is -0.121. The highest BCUT2D eigenvalue weighted by atomic mass is 16.2. The molecule has 7 heteroatoms. The number of amides is 1. The Morgan fingerprint density at radius 1 is 1.23 bits per heavy atom. The fourth-order valence-electron chi connectivity index (χ4n) is 4.51. The van der Waals surface area contributed by atoms with E-state index >= 15 is 0 Å². The maximum Gasteiger partial charge on any atom is 0.252 e. The molecule has 1 aliphatic heterocycles. The maximum absolute atomic E-state index is 13.0. The van der Waals surface area contributed by atoms with Crippen LogP contribution >= 0.6 is 0 Å². The van der Waals surface area contributed by atoms with E-state index < -0.39 is 5.54 Å². The van der Waals surface area contributed by atoms with Crippen LogP contribution in [0.4, 0.5) is 17.2 Å². The first-order valence-corrected chi connectivity index (χ1v) is 9.26. The summed E-state index contributed by atoms with van der Waals surface area (Å²) in [4.78, 5) is 30.5. The topological polar surface area (TPSA) is 88.2 Å². The Morgan fingerprint density at radius 2 is 2.00 bits per heavy atom. The van der Waals surface area contributed by atoms with Gasteiger partial charge < -0.3 is 15.5 Å². The summed E-state index contributed by atoms with van der Waals surface area (Å²) in [7, 11) is 1.83. The van der Waals surface area contributed by atoms with Gasteiger partial charge in [0.15, 0.2) is 11.6 Å². The normalized spacial score (nSPS) is 21.3. The molecule has 0 aromatic carbocycles. The lowest BCUT2D eigenvalue weighted by Gasteiger charge is -2.44. The van der Waals surface area contributed by atoms with E-state index in [4.69, 9.17) is 10.7 Å². The second-order valence-electron chi connectivity index (χ2n) is 7.57. The van der Waals surface area contributed by atoms with Gasteiger partial charge in [-0.2, -0.15) is 0 Å². The molecule has 7 nitrogen and oxygen atoms in total. The summed E-state index contributed by atoms with van der Waals surface area (Å²) in [6, 6.07) is 2.22. The van der Waals surface area contributed by atoms with Crippen LogP contribution in [0.1, 0.15) is 38.5 Å². The van der Waals surface area contributed by atoms with Gasteiger partial charge in [0.2, 0.25) is 0 Å². The summed E-state index contributed by atoms with van der Waals surface area (Å²) < 4.78 is 0. The standard InChI is InChI=1S/C19H22N6O/c1-24-15-11-22-16(13-6-9-21-10-14(13)20)23-17(15)25(12-4-2-3-5-12)19(7-8-19)18(24)26/h6,9-12H,2-5,7-8,20H2,1H3. The van der Waals surface area contributed by atoms with Gasteiger partial charge in [0.25, 0.3) is 5.91 Å². The average molecular weight is 350 g/mol. The Bertz CT molecular complexity index is 887. The number of nitrogen functional groups attached to an aromatic ring is 1. The van der Waals surface area contributed by atoms with Gasteiger partial charge in [0.1, 0.15) is 11.2 Å². The zero-order valence-corrected chi connectivity index (χ0v) is 14.9. The lowest BCUT2D eigenvalue weighted by Crippen LogP contribution is -2.58. The molecule has 1 spiro atoms. The zero-order valence-electron chi connectivity index (χ0n) is 14.9. The van der Waals surface area contributed by atoms with Gasteiger partial charge in [-0.1, -0.05) is 12.8 Å². The molecule has 134 valence electrons. The van der Waals surface area contributed by atoms with Crippen LogP contribution < -0.4 is 15.5 Å². The molecule has 2 N–H and O–H groups in total. The van der Waals surface area contributed by atoms with Gasteiger partial charge in [0, 0.05) is 24.8 Å². The number of aromatic nitrogens is 3. The fraction of sp³-hybridized carbons (Fsp3) is 0.474. The van der Waals surface area contributed by atoms with Gasteiger partial charge in [-0.05, 0) is 31.7 Å². The molecule has 2 aromatic rings. The van der Waals surface area contributed by atoms with Gasteiger partial charge in [-0.3, -0.25) is 9.78 Å². The van der Waals surface area contributed by atoms with Crippen molar-refractivity contribution in [1.29, 1.82) is 0 Å². The van der Waals surface area contributed by atoms with Crippen LogP contribution in [0.15, 0.2) is 24.7 Å². The highest BCUT2D eigenvalue weighted by Crippen LogP contribution is 2.53. The van der Waals surface area contributed by atoms with Gasteiger partial charge >= 0.3 is 0 Å². The minimum absolute atomic E-state index is 0.177. The number of hydrogen-bond donors (Lipinski definition) is 1. The van der Waals surface area contributed by atoms with Crippen LogP contribution in [-0.4, -0.2) is 39.5 Å². The first-order chi connectivity index (χ1) is 12.6. The van der Waals surface area contributed by atoms with E-state index in [0.717, 1.165) is 42.8 Å². The Hall–Kier alpha value is -2.70. The minimum Gasteiger partial charge on any atom is -0.397 e. The summed E-state index contributed by atoms with van der Waals surface area (Å²) in [5, 5.41) is 0. The molecule has 1 amide bonds. The van der Waals surface area contributed by atoms with Crippen molar-refractivity contribution in [3.05, 3.63) is 24.7 Å². The molecule has 0 atom stereocenters. The number of nitrogens with zero attached hydrogens (tertiary/aromatic N) is 5. The number of carbonyl (C=O) groups excluding carboxylic acids is 1. The Labute approximate surface area is 152 Å². The number of hydrogen-bond acceptors (Lipinski definition) is 6. The van der Waals surface area contributed by atoms with Crippen LogP contribution in [-0.2, 0) is 4.79 Å². The summed E-state index contributed by atoms with van der Waals surface area (Å²) in [6.45, 7) is 0.